The van der Waals surface area contributed by atoms with E-state index in [1.807, 2.05) is 7.05 Å². The third-order valence-corrected chi connectivity index (χ3v) is 4.42. The van der Waals surface area contributed by atoms with Gasteiger partial charge in [0.1, 0.15) is 0 Å². The average Bonchev–Trinajstić information content (AvgIpc) is 2.56. The van der Waals surface area contributed by atoms with Gasteiger partial charge in [-0.2, -0.15) is 0 Å². The number of likely N-dealkylation sites (N-methyl/N-ethyl adjacent to an activating group) is 1. The van der Waals surface area contributed by atoms with Crippen LogP contribution in [0.1, 0.15) is 22.6 Å². The molecule has 3 aromatic rings. The summed E-state index contributed by atoms with van der Waals surface area (Å²) in [5, 5.41) is 5.99. The minimum absolute atomic E-state index is 0. The molecule has 0 saturated carbocycles. The second-order valence-corrected chi connectivity index (χ2v) is 5.99. The molecule has 0 aliphatic rings. The summed E-state index contributed by atoms with van der Waals surface area (Å²) in [7, 11) is 2.03. The molecule has 0 radical (unpaired) electrons. The fraction of sp³-hybridized carbons (Fsp3) is 0.238. The van der Waals surface area contributed by atoms with Gasteiger partial charge in [0.2, 0.25) is 0 Å². The highest BCUT2D eigenvalue weighted by molar-refractivity contribution is 5.85. The smallest absolute Gasteiger partial charge is 0.00203 e. The number of nitrogens with one attached hydrogen (secondary N) is 1. The molecule has 2 heteroatoms. The number of hydrogen-bond donors (Lipinski definition) is 1. The summed E-state index contributed by atoms with van der Waals surface area (Å²) in [4.78, 5) is 0. The number of aryl methyl sites for hydroxylation is 1. The van der Waals surface area contributed by atoms with Gasteiger partial charge in [-0.15, -0.1) is 12.4 Å². The van der Waals surface area contributed by atoms with Crippen molar-refractivity contribution in [1.29, 1.82) is 0 Å². The van der Waals surface area contributed by atoms with E-state index in [1.54, 1.807) is 0 Å². The highest BCUT2D eigenvalue weighted by Gasteiger charge is 2.13. The number of fused-ring (bicyclic) bond motifs is 1. The summed E-state index contributed by atoms with van der Waals surface area (Å²) in [6.45, 7) is 3.19. The summed E-state index contributed by atoms with van der Waals surface area (Å²) in [6.07, 6.45) is 1.08. The van der Waals surface area contributed by atoms with Gasteiger partial charge in [0, 0.05) is 12.5 Å². The quantitative estimate of drug-likeness (QED) is 0.687. The Hall–Kier alpha value is -1.83. The zero-order valence-corrected chi connectivity index (χ0v) is 14.6. The largest absolute Gasteiger partial charge is 0.319 e. The van der Waals surface area contributed by atoms with E-state index in [0.29, 0.717) is 5.92 Å². The van der Waals surface area contributed by atoms with E-state index < -0.39 is 0 Å². The Kier molecular flexibility index (Phi) is 6.20. The lowest BCUT2D eigenvalue weighted by Gasteiger charge is -2.19. The lowest BCUT2D eigenvalue weighted by atomic mass is 9.89. The van der Waals surface area contributed by atoms with Gasteiger partial charge in [0.15, 0.2) is 0 Å². The topological polar surface area (TPSA) is 12.0 Å². The number of rotatable bonds is 5. The van der Waals surface area contributed by atoms with Crippen molar-refractivity contribution in [2.75, 3.05) is 13.6 Å². The number of halogens is 1. The molecule has 0 spiro atoms. The first kappa shape index (κ1) is 17.5. The summed E-state index contributed by atoms with van der Waals surface area (Å²) in [6, 6.07) is 24.1. The zero-order valence-electron chi connectivity index (χ0n) is 13.8. The normalized spacial score (nSPS) is 11.9. The maximum Gasteiger partial charge on any atom is 0.00203 e. The number of benzene rings is 3. The molecular formula is C21H24ClN. The molecule has 1 atom stereocenters. The van der Waals surface area contributed by atoms with Gasteiger partial charge in [-0.25, -0.2) is 0 Å². The first-order valence-electron chi connectivity index (χ1n) is 7.96. The second-order valence-electron chi connectivity index (χ2n) is 5.99. The predicted molar refractivity (Wildman–Crippen MR) is 103 cm³/mol. The zero-order chi connectivity index (χ0) is 15.4. The Morgan fingerprint density at radius 1 is 0.870 bits per heavy atom. The molecule has 0 aromatic heterocycles. The van der Waals surface area contributed by atoms with E-state index >= 15 is 0 Å². The minimum Gasteiger partial charge on any atom is -0.319 e. The van der Waals surface area contributed by atoms with Gasteiger partial charge in [-0.3, -0.25) is 0 Å². The molecule has 3 rings (SSSR count). The Morgan fingerprint density at radius 2 is 1.57 bits per heavy atom. The molecule has 0 bridgehead atoms. The SMILES string of the molecule is CNC[C@@H](Cc1ccccc1C)c1ccc2ccccc2c1.Cl. The molecule has 3 aromatic carbocycles. The van der Waals surface area contributed by atoms with Crippen molar-refractivity contribution < 1.29 is 0 Å². The van der Waals surface area contributed by atoms with E-state index in [0.717, 1.165) is 13.0 Å². The molecule has 120 valence electrons. The number of hydrogen-bond acceptors (Lipinski definition) is 1. The molecule has 0 amide bonds. The molecule has 0 fully saturated rings. The van der Waals surface area contributed by atoms with Crippen LogP contribution in [0, 0.1) is 6.92 Å². The summed E-state index contributed by atoms with van der Waals surface area (Å²) in [5.74, 6) is 0.496. The van der Waals surface area contributed by atoms with Gasteiger partial charge in [-0.1, -0.05) is 66.7 Å². The summed E-state index contributed by atoms with van der Waals surface area (Å²) in [5.41, 5.74) is 4.23. The molecule has 1 nitrogen and oxygen atoms in total. The van der Waals surface area contributed by atoms with E-state index in [1.165, 1.54) is 27.5 Å². The summed E-state index contributed by atoms with van der Waals surface area (Å²) >= 11 is 0. The summed E-state index contributed by atoms with van der Waals surface area (Å²) < 4.78 is 0. The lowest BCUT2D eigenvalue weighted by Crippen LogP contribution is -2.19. The van der Waals surface area contributed by atoms with Crippen molar-refractivity contribution in [2.45, 2.75) is 19.3 Å². The molecule has 0 aliphatic carbocycles. The maximum atomic E-state index is 3.35. The highest BCUT2D eigenvalue weighted by atomic mass is 35.5. The second kappa shape index (κ2) is 8.14. The minimum atomic E-state index is 0. The fourth-order valence-electron chi connectivity index (χ4n) is 3.12. The van der Waals surface area contributed by atoms with E-state index in [4.69, 9.17) is 0 Å². The van der Waals surface area contributed by atoms with E-state index in [-0.39, 0.29) is 12.4 Å². The van der Waals surface area contributed by atoms with Gasteiger partial charge in [0.25, 0.3) is 0 Å². The lowest BCUT2D eigenvalue weighted by molar-refractivity contribution is 0.625. The highest BCUT2D eigenvalue weighted by Crippen LogP contribution is 2.25. The van der Waals surface area contributed by atoms with Crippen molar-refractivity contribution in [3.63, 3.8) is 0 Å². The molecule has 0 aliphatic heterocycles. The van der Waals surface area contributed by atoms with Crippen LogP contribution in [0.2, 0.25) is 0 Å². The van der Waals surface area contributed by atoms with Crippen molar-refractivity contribution in [3.8, 4) is 0 Å². The third kappa shape index (κ3) is 4.13. The van der Waals surface area contributed by atoms with Crippen LogP contribution in [-0.2, 0) is 6.42 Å². The van der Waals surface area contributed by atoms with Crippen molar-refractivity contribution >= 4 is 23.2 Å². The van der Waals surface area contributed by atoms with Crippen LogP contribution in [0.25, 0.3) is 10.8 Å². The van der Waals surface area contributed by atoms with Crippen LogP contribution >= 0.6 is 12.4 Å². The predicted octanol–water partition coefficient (Wildman–Crippen LogP) is 5.12. The van der Waals surface area contributed by atoms with Gasteiger partial charge < -0.3 is 5.32 Å². The van der Waals surface area contributed by atoms with E-state index in [2.05, 4.69) is 79.0 Å². The van der Waals surface area contributed by atoms with Gasteiger partial charge in [-0.05, 0) is 47.9 Å². The molecule has 1 N–H and O–H groups in total. The van der Waals surface area contributed by atoms with Crippen LogP contribution in [0.15, 0.2) is 66.7 Å². The van der Waals surface area contributed by atoms with Crippen molar-refractivity contribution in [1.82, 2.24) is 5.32 Å². The maximum absolute atomic E-state index is 3.35. The van der Waals surface area contributed by atoms with Crippen LogP contribution in [0.5, 0.6) is 0 Å². The Balaban J connectivity index is 0.00000192. The molecule has 0 saturated heterocycles. The molecule has 0 unspecified atom stereocenters. The first-order valence-corrected chi connectivity index (χ1v) is 7.96. The van der Waals surface area contributed by atoms with Crippen molar-refractivity contribution in [2.24, 2.45) is 0 Å². The van der Waals surface area contributed by atoms with Crippen LogP contribution in [0.4, 0.5) is 0 Å². The fourth-order valence-corrected chi connectivity index (χ4v) is 3.12. The Bertz CT molecular complexity index is 766. The third-order valence-electron chi connectivity index (χ3n) is 4.42. The van der Waals surface area contributed by atoms with Crippen LogP contribution in [0.3, 0.4) is 0 Å². The van der Waals surface area contributed by atoms with Crippen LogP contribution in [-0.4, -0.2) is 13.6 Å². The average molecular weight is 326 g/mol. The van der Waals surface area contributed by atoms with E-state index in [9.17, 15) is 0 Å². The van der Waals surface area contributed by atoms with Crippen LogP contribution < -0.4 is 5.32 Å². The Labute approximate surface area is 145 Å². The molecule has 23 heavy (non-hydrogen) atoms. The van der Waals surface area contributed by atoms with Gasteiger partial charge in [0.05, 0.1) is 0 Å². The standard InChI is InChI=1S/C21H23N.ClH/c1-16-7-3-4-9-18(16)13-21(15-22-2)20-12-11-17-8-5-6-10-19(17)14-20;/h3-12,14,21-22H,13,15H2,1-2H3;1H/t21-;/m1./s1. The van der Waals surface area contributed by atoms with Gasteiger partial charge >= 0.3 is 0 Å². The van der Waals surface area contributed by atoms with Crippen molar-refractivity contribution in [3.05, 3.63) is 83.4 Å². The monoisotopic (exact) mass is 325 g/mol. The molecule has 0 heterocycles. The Morgan fingerprint density at radius 3 is 2.30 bits per heavy atom. The first-order chi connectivity index (χ1) is 10.8. The molecular weight excluding hydrogens is 302 g/mol.